The molecule has 0 aromatic heterocycles. The molecule has 9 heteroatoms. The molecule has 3 rings (SSSR count). The van der Waals surface area contributed by atoms with Gasteiger partial charge < -0.3 is 14.8 Å². The minimum Gasteiger partial charge on any atom is -0.494 e. The Morgan fingerprint density at radius 3 is 2.69 bits per heavy atom. The van der Waals surface area contributed by atoms with Crippen LogP contribution in [0.5, 0.6) is 5.75 Å². The van der Waals surface area contributed by atoms with Crippen molar-refractivity contribution in [3.63, 3.8) is 0 Å². The summed E-state index contributed by atoms with van der Waals surface area (Å²) in [4.78, 5) is 12.7. The first-order chi connectivity index (χ1) is 13.9. The number of hydrogen-bond donors (Lipinski definition) is 1. The van der Waals surface area contributed by atoms with Gasteiger partial charge in [0.15, 0.2) is 0 Å². The first-order valence-corrected chi connectivity index (χ1v) is 11.1. The van der Waals surface area contributed by atoms with Crippen LogP contribution in [0.15, 0.2) is 47.4 Å². The molecule has 0 atom stereocenters. The number of nitrogens with one attached hydrogen (secondary N) is 1. The Bertz CT molecular complexity index is 975. The number of sulfonamides is 1. The number of benzene rings is 2. The minimum atomic E-state index is -3.72. The van der Waals surface area contributed by atoms with Gasteiger partial charge in [0.05, 0.1) is 35.3 Å². The van der Waals surface area contributed by atoms with E-state index in [9.17, 15) is 13.2 Å². The number of morpholine rings is 1. The Hall–Kier alpha value is -2.13. The molecule has 2 aromatic rings. The summed E-state index contributed by atoms with van der Waals surface area (Å²) in [5, 5.41) is 2.96. The van der Waals surface area contributed by atoms with E-state index < -0.39 is 15.9 Å². The summed E-state index contributed by atoms with van der Waals surface area (Å²) < 4.78 is 37.7. The first kappa shape index (κ1) is 21.6. The van der Waals surface area contributed by atoms with E-state index in [4.69, 9.17) is 21.1 Å². The van der Waals surface area contributed by atoms with Crippen molar-refractivity contribution in [1.82, 2.24) is 9.62 Å². The molecule has 1 amide bonds. The second-order valence-electron chi connectivity index (χ2n) is 6.42. The van der Waals surface area contributed by atoms with E-state index in [1.807, 2.05) is 31.2 Å². The molecule has 0 unspecified atom stereocenters. The number of carbonyl (C=O) groups excluding carboxylic acids is 1. The van der Waals surface area contributed by atoms with E-state index in [0.717, 1.165) is 11.3 Å². The summed E-state index contributed by atoms with van der Waals surface area (Å²) >= 11 is 6.17. The van der Waals surface area contributed by atoms with E-state index in [1.165, 1.54) is 22.5 Å². The van der Waals surface area contributed by atoms with Gasteiger partial charge in [-0.15, -0.1) is 0 Å². The quantitative estimate of drug-likeness (QED) is 0.718. The second kappa shape index (κ2) is 9.58. The van der Waals surface area contributed by atoms with Crippen LogP contribution < -0.4 is 10.1 Å². The summed E-state index contributed by atoms with van der Waals surface area (Å²) in [6.45, 7) is 3.97. The highest BCUT2D eigenvalue weighted by molar-refractivity contribution is 7.89. The van der Waals surface area contributed by atoms with Crippen molar-refractivity contribution >= 4 is 27.5 Å². The average molecular weight is 439 g/mol. The van der Waals surface area contributed by atoms with Crippen molar-refractivity contribution in [2.45, 2.75) is 18.4 Å². The van der Waals surface area contributed by atoms with Crippen molar-refractivity contribution < 1.29 is 22.7 Å². The number of ether oxygens (including phenoxy) is 2. The summed E-state index contributed by atoms with van der Waals surface area (Å²) in [6.07, 6.45) is 0. The number of nitrogens with zero attached hydrogens (tertiary/aromatic N) is 1. The van der Waals surface area contributed by atoms with Crippen LogP contribution in [0.2, 0.25) is 5.02 Å². The highest BCUT2D eigenvalue weighted by Crippen LogP contribution is 2.24. The fourth-order valence-electron chi connectivity index (χ4n) is 2.96. The maximum atomic E-state index is 12.8. The minimum absolute atomic E-state index is 0.0345. The first-order valence-electron chi connectivity index (χ1n) is 9.29. The number of hydrogen-bond acceptors (Lipinski definition) is 5. The normalized spacial score (nSPS) is 15.1. The molecule has 156 valence electrons. The van der Waals surface area contributed by atoms with Crippen LogP contribution in [0.4, 0.5) is 0 Å². The topological polar surface area (TPSA) is 84.9 Å². The van der Waals surface area contributed by atoms with Gasteiger partial charge in [-0.05, 0) is 42.8 Å². The maximum absolute atomic E-state index is 12.8. The molecule has 1 fully saturated rings. The smallest absolute Gasteiger partial charge is 0.253 e. The lowest BCUT2D eigenvalue weighted by Crippen LogP contribution is -2.40. The van der Waals surface area contributed by atoms with Crippen molar-refractivity contribution in [3.8, 4) is 5.75 Å². The summed E-state index contributed by atoms with van der Waals surface area (Å²) in [5.74, 6) is 0.270. The largest absolute Gasteiger partial charge is 0.494 e. The molecule has 7 nitrogen and oxygen atoms in total. The third-order valence-corrected chi connectivity index (χ3v) is 6.68. The van der Waals surface area contributed by atoms with Crippen molar-refractivity contribution in [2.24, 2.45) is 0 Å². The number of halogens is 1. The molecule has 0 saturated carbocycles. The highest BCUT2D eigenvalue weighted by atomic mass is 35.5. The molecule has 0 spiro atoms. The van der Waals surface area contributed by atoms with E-state index in [0.29, 0.717) is 19.8 Å². The molecule has 1 aliphatic heterocycles. The van der Waals surface area contributed by atoms with Crippen molar-refractivity contribution in [3.05, 3.63) is 58.6 Å². The lowest BCUT2D eigenvalue weighted by molar-refractivity contribution is 0.0730. The number of amides is 1. The Balaban J connectivity index is 1.75. The molecule has 1 aliphatic rings. The van der Waals surface area contributed by atoms with E-state index in [-0.39, 0.29) is 35.1 Å². The Labute approximate surface area is 175 Å². The van der Waals surface area contributed by atoms with Gasteiger partial charge in [0.1, 0.15) is 5.75 Å². The fourth-order valence-corrected chi connectivity index (χ4v) is 4.60. The van der Waals surface area contributed by atoms with Crippen LogP contribution in [0.3, 0.4) is 0 Å². The zero-order chi connectivity index (χ0) is 20.9. The van der Waals surface area contributed by atoms with Crippen LogP contribution in [0.1, 0.15) is 22.8 Å². The predicted octanol–water partition coefficient (Wildman–Crippen LogP) is 2.69. The molecule has 29 heavy (non-hydrogen) atoms. The van der Waals surface area contributed by atoms with Gasteiger partial charge in [-0.1, -0.05) is 23.7 Å². The molecular formula is C20H23ClN2O5S. The van der Waals surface area contributed by atoms with Gasteiger partial charge in [0.25, 0.3) is 5.91 Å². The van der Waals surface area contributed by atoms with Gasteiger partial charge >= 0.3 is 0 Å². The predicted molar refractivity (Wildman–Crippen MR) is 110 cm³/mol. The van der Waals surface area contributed by atoms with Crippen LogP contribution in [-0.4, -0.2) is 51.5 Å². The monoisotopic (exact) mass is 438 g/mol. The van der Waals surface area contributed by atoms with E-state index in [2.05, 4.69) is 5.32 Å². The van der Waals surface area contributed by atoms with Crippen molar-refractivity contribution in [1.29, 1.82) is 0 Å². The average Bonchev–Trinajstić information content (AvgIpc) is 2.73. The molecule has 1 heterocycles. The van der Waals surface area contributed by atoms with Gasteiger partial charge in [-0.2, -0.15) is 4.31 Å². The summed E-state index contributed by atoms with van der Waals surface area (Å²) in [6, 6.07) is 11.5. The van der Waals surface area contributed by atoms with Crippen LogP contribution in [0, 0.1) is 0 Å². The SMILES string of the molecule is CCOc1cccc(CNC(=O)c2cc(S(=O)(=O)N3CCOCC3)ccc2Cl)c1. The number of rotatable bonds is 7. The molecule has 0 radical (unpaired) electrons. The zero-order valence-corrected chi connectivity index (χ0v) is 17.6. The molecule has 0 bridgehead atoms. The molecule has 2 aromatic carbocycles. The maximum Gasteiger partial charge on any atom is 0.253 e. The highest BCUT2D eigenvalue weighted by Gasteiger charge is 2.27. The molecule has 1 N–H and O–H groups in total. The Kier molecular flexibility index (Phi) is 7.13. The third-order valence-electron chi connectivity index (χ3n) is 4.45. The van der Waals surface area contributed by atoms with Crippen LogP contribution in [0.25, 0.3) is 0 Å². The van der Waals surface area contributed by atoms with Crippen LogP contribution >= 0.6 is 11.6 Å². The van der Waals surface area contributed by atoms with Gasteiger partial charge in [-0.3, -0.25) is 4.79 Å². The lowest BCUT2D eigenvalue weighted by atomic mass is 10.2. The number of carbonyl (C=O) groups is 1. The molecule has 0 aliphatic carbocycles. The summed E-state index contributed by atoms with van der Waals surface area (Å²) in [7, 11) is -3.72. The van der Waals surface area contributed by atoms with E-state index >= 15 is 0 Å². The van der Waals surface area contributed by atoms with Crippen LogP contribution in [-0.2, 0) is 21.3 Å². The summed E-state index contributed by atoms with van der Waals surface area (Å²) in [5.41, 5.74) is 0.972. The van der Waals surface area contributed by atoms with Gasteiger partial charge in [0, 0.05) is 19.6 Å². The fraction of sp³-hybridized carbons (Fsp3) is 0.350. The van der Waals surface area contributed by atoms with E-state index in [1.54, 1.807) is 0 Å². The third kappa shape index (κ3) is 5.27. The van der Waals surface area contributed by atoms with Gasteiger partial charge in [-0.25, -0.2) is 8.42 Å². The Morgan fingerprint density at radius 1 is 1.21 bits per heavy atom. The second-order valence-corrected chi connectivity index (χ2v) is 8.77. The standard InChI is InChI=1S/C20H23ClN2O5S/c1-2-28-16-5-3-4-15(12-16)14-22-20(24)18-13-17(6-7-19(18)21)29(25,26)23-8-10-27-11-9-23/h3-7,12-13H,2,8-11,14H2,1H3,(H,22,24). The zero-order valence-electron chi connectivity index (χ0n) is 16.1. The molecule has 1 saturated heterocycles. The Morgan fingerprint density at radius 2 is 1.97 bits per heavy atom. The molecular weight excluding hydrogens is 416 g/mol. The van der Waals surface area contributed by atoms with Crippen molar-refractivity contribution in [2.75, 3.05) is 32.9 Å². The lowest BCUT2D eigenvalue weighted by Gasteiger charge is -2.26. The van der Waals surface area contributed by atoms with Gasteiger partial charge in [0.2, 0.25) is 10.0 Å².